The zero-order valence-electron chi connectivity index (χ0n) is 12.2. The van der Waals surface area contributed by atoms with E-state index in [4.69, 9.17) is 11.6 Å². The first-order chi connectivity index (χ1) is 11.2. The van der Waals surface area contributed by atoms with E-state index in [0.29, 0.717) is 5.56 Å². The average molecular weight is 357 g/mol. The van der Waals surface area contributed by atoms with Gasteiger partial charge in [-0.05, 0) is 42.8 Å². The lowest BCUT2D eigenvalue weighted by Gasteiger charge is -2.06. The van der Waals surface area contributed by atoms with Gasteiger partial charge in [0.2, 0.25) is 10.0 Å². The third kappa shape index (κ3) is 4.18. The molecular formula is C15H10ClF3N3O2+. The van der Waals surface area contributed by atoms with E-state index in [1.807, 2.05) is 0 Å². The number of aryl methyl sites for hydroxylation is 1. The first kappa shape index (κ1) is 17.7. The Balaban J connectivity index is 2.32. The first-order valence-electron chi connectivity index (χ1n) is 6.51. The highest BCUT2D eigenvalue weighted by Crippen LogP contribution is 2.32. The molecule has 1 amide bonds. The number of phenols is 1. The molecule has 0 aliphatic carbocycles. The van der Waals surface area contributed by atoms with E-state index in [9.17, 15) is 23.1 Å². The van der Waals surface area contributed by atoms with Crippen LogP contribution in [0, 0.1) is 6.92 Å². The molecular weight excluding hydrogens is 347 g/mol. The van der Waals surface area contributed by atoms with Gasteiger partial charge in [-0.15, -0.1) is 0 Å². The van der Waals surface area contributed by atoms with Crippen molar-refractivity contribution in [3.05, 3.63) is 58.1 Å². The third-order valence-corrected chi connectivity index (χ3v) is 3.25. The van der Waals surface area contributed by atoms with Gasteiger partial charge < -0.3 is 5.11 Å². The van der Waals surface area contributed by atoms with Crippen molar-refractivity contribution in [1.29, 1.82) is 0 Å². The minimum Gasteiger partial charge on any atom is -0.507 e. The fraction of sp³-hybridized carbons (Fsp3) is 0.133. The number of benzene rings is 2. The van der Waals surface area contributed by atoms with Gasteiger partial charge in [0.15, 0.2) is 10.8 Å². The summed E-state index contributed by atoms with van der Waals surface area (Å²) in [5.74, 6) is -1.28. The van der Waals surface area contributed by atoms with Crippen molar-refractivity contribution >= 4 is 23.2 Å². The third-order valence-electron chi connectivity index (χ3n) is 3.01. The topological polar surface area (TPSA) is 76.1 Å². The number of carbonyl (C=O) groups is 1. The summed E-state index contributed by atoms with van der Waals surface area (Å²) in [7, 11) is 0. The average Bonchev–Trinajstić information content (AvgIpc) is 2.50. The van der Waals surface area contributed by atoms with Gasteiger partial charge in [-0.25, -0.2) is 0 Å². The lowest BCUT2D eigenvalue weighted by molar-refractivity contribution is -0.137. The Bertz CT molecular complexity index is 860. The Labute approximate surface area is 139 Å². The monoisotopic (exact) mass is 356 g/mol. The summed E-state index contributed by atoms with van der Waals surface area (Å²) in [5.41, 5.74) is -0.722. The number of hydrogen-bond donors (Lipinski definition) is 1. The largest absolute Gasteiger partial charge is 0.507 e. The van der Waals surface area contributed by atoms with Crippen molar-refractivity contribution in [2.24, 2.45) is 10.2 Å². The minimum atomic E-state index is -4.52. The van der Waals surface area contributed by atoms with Crippen molar-refractivity contribution in [2.45, 2.75) is 13.1 Å². The fourth-order valence-corrected chi connectivity index (χ4v) is 1.91. The maximum Gasteiger partial charge on any atom is 0.416 e. The Hall–Kier alpha value is -2.70. The maximum absolute atomic E-state index is 12.7. The number of hydrogen-bond acceptors (Lipinski definition) is 3. The van der Waals surface area contributed by atoms with Crippen LogP contribution in [0.25, 0.3) is 0 Å². The summed E-state index contributed by atoms with van der Waals surface area (Å²) in [6.07, 6.45) is -4.52. The van der Waals surface area contributed by atoms with E-state index < -0.39 is 17.6 Å². The molecule has 2 aromatic carbocycles. The Kier molecular flexibility index (Phi) is 5.02. The second-order valence-electron chi connectivity index (χ2n) is 4.76. The van der Waals surface area contributed by atoms with Crippen LogP contribution in [-0.4, -0.2) is 11.0 Å². The van der Waals surface area contributed by atoms with E-state index in [1.54, 1.807) is 6.92 Å². The molecule has 0 aromatic heterocycles. The molecule has 0 aliphatic rings. The highest BCUT2D eigenvalue weighted by molar-refractivity contribution is 6.31. The molecule has 124 valence electrons. The van der Waals surface area contributed by atoms with Crippen LogP contribution in [0.5, 0.6) is 5.75 Å². The van der Waals surface area contributed by atoms with Crippen molar-refractivity contribution in [2.75, 3.05) is 0 Å². The van der Waals surface area contributed by atoms with Gasteiger partial charge in [0.1, 0.15) is 5.75 Å². The predicted molar refractivity (Wildman–Crippen MR) is 80.3 cm³/mol. The minimum absolute atomic E-state index is 0.0725. The molecule has 0 fully saturated rings. The van der Waals surface area contributed by atoms with Crippen LogP contribution in [-0.2, 0) is 6.18 Å². The normalized spacial score (nSPS) is 10.9. The van der Waals surface area contributed by atoms with Crippen LogP contribution in [0.1, 0.15) is 21.5 Å². The van der Waals surface area contributed by atoms with Crippen LogP contribution >= 0.6 is 11.6 Å². The summed E-state index contributed by atoms with van der Waals surface area (Å²) in [4.78, 5) is 15.1. The predicted octanol–water partition coefficient (Wildman–Crippen LogP) is 4.82. The molecule has 0 spiro atoms. The smallest absolute Gasteiger partial charge is 0.416 e. The second kappa shape index (κ2) is 6.82. The van der Waals surface area contributed by atoms with Crippen LogP contribution in [0.3, 0.4) is 0 Å². The van der Waals surface area contributed by atoms with Crippen molar-refractivity contribution in [3.63, 3.8) is 0 Å². The molecule has 24 heavy (non-hydrogen) atoms. The van der Waals surface area contributed by atoms with Gasteiger partial charge in [-0.2, -0.15) is 13.2 Å². The first-order valence-corrected chi connectivity index (χ1v) is 6.88. The van der Waals surface area contributed by atoms with E-state index in [2.05, 4.69) is 15.1 Å². The van der Waals surface area contributed by atoms with E-state index in [0.717, 1.165) is 12.1 Å². The molecule has 0 bridgehead atoms. The molecule has 1 N–H and O–H groups in total. The highest BCUT2D eigenvalue weighted by Gasteiger charge is 2.31. The van der Waals surface area contributed by atoms with E-state index in [-0.39, 0.29) is 22.0 Å². The van der Waals surface area contributed by atoms with Crippen LogP contribution in [0.4, 0.5) is 18.9 Å². The van der Waals surface area contributed by atoms with Gasteiger partial charge in [0.25, 0.3) is 0 Å². The van der Waals surface area contributed by atoms with Crippen molar-refractivity contribution in [3.8, 4) is 5.75 Å². The number of halogens is 4. The molecule has 0 radical (unpaired) electrons. The van der Waals surface area contributed by atoms with Gasteiger partial charge in [-0.1, -0.05) is 17.7 Å². The molecule has 0 atom stereocenters. The van der Waals surface area contributed by atoms with E-state index >= 15 is 0 Å². The molecule has 0 saturated carbocycles. The van der Waals surface area contributed by atoms with Crippen LogP contribution < -0.4 is 4.91 Å². The number of nitrogens with zero attached hydrogens (tertiary/aromatic N) is 3. The SMILES string of the molecule is Cc1ccc(C(F)(F)F)cc1N=[N+]=NC(=O)c1cc(Cl)ccc1O. The summed E-state index contributed by atoms with van der Waals surface area (Å²) in [5, 5.41) is 16.5. The number of aromatic hydroxyl groups is 1. The Morgan fingerprint density at radius 1 is 1.21 bits per heavy atom. The van der Waals surface area contributed by atoms with Crippen LogP contribution in [0.15, 0.2) is 46.6 Å². The molecule has 0 heterocycles. The Morgan fingerprint density at radius 3 is 2.58 bits per heavy atom. The van der Waals surface area contributed by atoms with Gasteiger partial charge in [0.05, 0.1) is 11.1 Å². The summed E-state index contributed by atoms with van der Waals surface area (Å²) >= 11 is 5.71. The van der Waals surface area contributed by atoms with Gasteiger partial charge in [-0.3, -0.25) is 4.79 Å². The molecule has 2 rings (SSSR count). The van der Waals surface area contributed by atoms with Crippen LogP contribution in [0.2, 0.25) is 5.02 Å². The summed E-state index contributed by atoms with van der Waals surface area (Å²) in [6.45, 7) is 1.54. The highest BCUT2D eigenvalue weighted by atomic mass is 35.5. The standard InChI is InChI=1S/C15H9ClF3N3O2/c1-8-2-3-9(15(17,18)19)6-12(8)20-22-21-14(24)11-7-10(16)4-5-13(11)23/h2-7H,1H3/p+1. The number of phenolic OH excluding ortho intramolecular Hbond substituents is 1. The fourth-order valence-electron chi connectivity index (χ4n) is 1.74. The molecule has 9 heteroatoms. The Morgan fingerprint density at radius 2 is 1.92 bits per heavy atom. The van der Waals surface area contributed by atoms with Gasteiger partial charge in [0, 0.05) is 5.02 Å². The molecule has 0 unspecified atom stereocenters. The molecule has 0 aliphatic heterocycles. The lowest BCUT2D eigenvalue weighted by Crippen LogP contribution is -2.04. The van der Waals surface area contributed by atoms with Crippen molar-refractivity contribution in [1.82, 2.24) is 4.91 Å². The maximum atomic E-state index is 12.7. The lowest BCUT2D eigenvalue weighted by atomic mass is 10.1. The number of rotatable bonds is 2. The zero-order chi connectivity index (χ0) is 17.9. The zero-order valence-corrected chi connectivity index (χ0v) is 12.9. The number of carbonyl (C=O) groups excluding carboxylic acids is 1. The van der Waals surface area contributed by atoms with Gasteiger partial charge >= 0.3 is 12.1 Å². The molecule has 0 saturated heterocycles. The molecule has 5 nitrogen and oxygen atoms in total. The van der Waals surface area contributed by atoms with E-state index in [1.165, 1.54) is 24.3 Å². The second-order valence-corrected chi connectivity index (χ2v) is 5.19. The number of amides is 1. The summed E-state index contributed by atoms with van der Waals surface area (Å²) in [6, 6.07) is 6.73. The van der Waals surface area contributed by atoms with Crippen molar-refractivity contribution < 1.29 is 23.1 Å². The number of alkyl halides is 3. The summed E-state index contributed by atoms with van der Waals surface area (Å²) < 4.78 is 38.0. The molecule has 2 aromatic rings. The quantitative estimate of drug-likeness (QED) is 0.618.